The van der Waals surface area contributed by atoms with Crippen molar-refractivity contribution >= 4 is 11.9 Å². The number of aromatic carboxylic acids is 1. The summed E-state index contributed by atoms with van der Waals surface area (Å²) in [6.07, 6.45) is 4.48. The number of nitrogens with zero attached hydrogens (tertiary/aromatic N) is 1. The lowest BCUT2D eigenvalue weighted by molar-refractivity contribution is -0.121. The van der Waals surface area contributed by atoms with Crippen LogP contribution >= 0.6 is 0 Å². The van der Waals surface area contributed by atoms with Crippen LogP contribution in [0.3, 0.4) is 0 Å². The molecule has 1 aromatic rings. The molecule has 1 heterocycles. The predicted octanol–water partition coefficient (Wildman–Crippen LogP) is 1.75. The van der Waals surface area contributed by atoms with Crippen molar-refractivity contribution in [2.24, 2.45) is 5.92 Å². The number of carboxylic acids is 1. The molecular weight excluding hydrogens is 308 g/mol. The standard InChI is InChI=1S/C18H24N2O4/c21-17(6-8-20-12-13-4-5-15(20)10-13)19-7-9-24-16-3-1-2-14(11-16)18(22)23/h1-3,11,13,15H,4-10,12H2,(H,19,21)(H,22,23)/t13-,15+/m0/s1. The smallest absolute Gasteiger partial charge is 0.335 e. The number of carbonyl (C=O) groups is 2. The van der Waals surface area contributed by atoms with E-state index in [9.17, 15) is 9.59 Å². The minimum atomic E-state index is -0.982. The van der Waals surface area contributed by atoms with Crippen molar-refractivity contribution in [1.29, 1.82) is 0 Å². The van der Waals surface area contributed by atoms with E-state index in [1.807, 2.05) is 0 Å². The number of benzene rings is 1. The molecule has 2 fully saturated rings. The molecule has 0 radical (unpaired) electrons. The summed E-state index contributed by atoms with van der Waals surface area (Å²) in [7, 11) is 0. The molecule has 2 N–H and O–H groups in total. The number of amides is 1. The molecule has 1 saturated heterocycles. The van der Waals surface area contributed by atoms with Gasteiger partial charge in [-0.05, 0) is 43.4 Å². The van der Waals surface area contributed by atoms with E-state index < -0.39 is 5.97 Å². The van der Waals surface area contributed by atoms with Gasteiger partial charge in [-0.3, -0.25) is 9.69 Å². The molecule has 130 valence electrons. The lowest BCUT2D eigenvalue weighted by Gasteiger charge is -2.26. The second kappa shape index (κ2) is 7.66. The highest BCUT2D eigenvalue weighted by atomic mass is 16.5. The van der Waals surface area contributed by atoms with Gasteiger partial charge in [0.1, 0.15) is 12.4 Å². The second-order valence-corrected chi connectivity index (χ2v) is 6.61. The van der Waals surface area contributed by atoms with Gasteiger partial charge in [-0.1, -0.05) is 6.07 Å². The van der Waals surface area contributed by atoms with Crippen LogP contribution in [-0.2, 0) is 4.79 Å². The minimum Gasteiger partial charge on any atom is -0.492 e. The zero-order valence-corrected chi connectivity index (χ0v) is 13.7. The molecule has 3 rings (SSSR count). The first-order valence-corrected chi connectivity index (χ1v) is 8.59. The van der Waals surface area contributed by atoms with Gasteiger partial charge in [0.25, 0.3) is 0 Å². The fourth-order valence-electron chi connectivity index (χ4n) is 3.71. The Labute approximate surface area is 141 Å². The van der Waals surface area contributed by atoms with Crippen LogP contribution in [0.1, 0.15) is 36.0 Å². The lowest BCUT2D eigenvalue weighted by atomic mass is 10.1. The second-order valence-electron chi connectivity index (χ2n) is 6.61. The van der Waals surface area contributed by atoms with E-state index in [0.29, 0.717) is 31.4 Å². The summed E-state index contributed by atoms with van der Waals surface area (Å²) in [5, 5.41) is 11.8. The summed E-state index contributed by atoms with van der Waals surface area (Å²) in [4.78, 5) is 25.2. The van der Waals surface area contributed by atoms with Gasteiger partial charge >= 0.3 is 5.97 Å². The Kier molecular flexibility index (Phi) is 5.35. The molecule has 6 heteroatoms. The average molecular weight is 332 g/mol. The quantitative estimate of drug-likeness (QED) is 0.709. The molecule has 1 aliphatic heterocycles. The van der Waals surface area contributed by atoms with Gasteiger partial charge in [0, 0.05) is 25.6 Å². The number of carbonyl (C=O) groups excluding carboxylic acids is 1. The van der Waals surface area contributed by atoms with E-state index in [-0.39, 0.29) is 11.5 Å². The highest BCUT2D eigenvalue weighted by Gasteiger charge is 2.37. The normalized spacial score (nSPS) is 22.5. The molecule has 24 heavy (non-hydrogen) atoms. The Hall–Kier alpha value is -2.08. The van der Waals surface area contributed by atoms with E-state index in [2.05, 4.69) is 10.2 Å². The predicted molar refractivity (Wildman–Crippen MR) is 89.2 cm³/mol. The molecule has 0 unspecified atom stereocenters. The van der Waals surface area contributed by atoms with Gasteiger partial charge < -0.3 is 15.2 Å². The Morgan fingerprint density at radius 3 is 2.92 bits per heavy atom. The maximum absolute atomic E-state index is 11.9. The summed E-state index contributed by atoms with van der Waals surface area (Å²) in [6, 6.07) is 7.04. The number of hydrogen-bond donors (Lipinski definition) is 2. The zero-order valence-electron chi connectivity index (χ0n) is 13.7. The van der Waals surface area contributed by atoms with Gasteiger partial charge in [-0.25, -0.2) is 4.79 Å². The average Bonchev–Trinajstić information content (AvgIpc) is 3.20. The van der Waals surface area contributed by atoms with Crippen LogP contribution < -0.4 is 10.1 Å². The summed E-state index contributed by atoms with van der Waals surface area (Å²) in [5.74, 6) is 0.412. The number of carboxylic acid groups (broad SMARTS) is 1. The molecule has 0 spiro atoms. The summed E-state index contributed by atoms with van der Waals surface area (Å²) < 4.78 is 5.48. The number of likely N-dealkylation sites (tertiary alicyclic amines) is 1. The SMILES string of the molecule is O=C(CCN1C[C@H]2CC[C@@H]1C2)NCCOc1cccc(C(=O)O)c1. The van der Waals surface area contributed by atoms with Crippen molar-refractivity contribution in [1.82, 2.24) is 10.2 Å². The molecule has 1 saturated carbocycles. The Morgan fingerprint density at radius 1 is 1.33 bits per heavy atom. The fraction of sp³-hybridized carbons (Fsp3) is 0.556. The van der Waals surface area contributed by atoms with E-state index >= 15 is 0 Å². The van der Waals surface area contributed by atoms with Crippen molar-refractivity contribution in [2.45, 2.75) is 31.7 Å². The van der Waals surface area contributed by atoms with Crippen LogP contribution in [0.4, 0.5) is 0 Å². The largest absolute Gasteiger partial charge is 0.492 e. The minimum absolute atomic E-state index is 0.0423. The van der Waals surface area contributed by atoms with Gasteiger partial charge in [0.05, 0.1) is 12.1 Å². The highest BCUT2D eigenvalue weighted by Crippen LogP contribution is 2.37. The molecule has 2 aliphatic rings. The van der Waals surface area contributed by atoms with Gasteiger partial charge in [0.15, 0.2) is 0 Å². The molecule has 2 atom stereocenters. The van der Waals surface area contributed by atoms with Crippen LogP contribution in [0.2, 0.25) is 0 Å². The number of nitrogens with one attached hydrogen (secondary N) is 1. The van der Waals surface area contributed by atoms with Crippen LogP contribution in [0, 0.1) is 5.92 Å². The number of ether oxygens (including phenoxy) is 1. The topological polar surface area (TPSA) is 78.9 Å². The summed E-state index contributed by atoms with van der Waals surface area (Å²) >= 11 is 0. The van der Waals surface area contributed by atoms with Crippen molar-refractivity contribution in [3.63, 3.8) is 0 Å². The van der Waals surface area contributed by atoms with E-state index in [0.717, 1.165) is 19.0 Å². The third kappa shape index (κ3) is 4.26. The highest BCUT2D eigenvalue weighted by molar-refractivity contribution is 5.88. The Bertz CT molecular complexity index is 604. The number of hydrogen-bond acceptors (Lipinski definition) is 4. The molecule has 0 aromatic heterocycles. The van der Waals surface area contributed by atoms with Crippen molar-refractivity contribution in [3.8, 4) is 5.75 Å². The monoisotopic (exact) mass is 332 g/mol. The Morgan fingerprint density at radius 2 is 2.21 bits per heavy atom. The number of fused-ring (bicyclic) bond motifs is 2. The van der Waals surface area contributed by atoms with Crippen LogP contribution in [0.5, 0.6) is 5.75 Å². The van der Waals surface area contributed by atoms with E-state index in [4.69, 9.17) is 9.84 Å². The molecular formula is C18H24N2O4. The van der Waals surface area contributed by atoms with Crippen molar-refractivity contribution in [3.05, 3.63) is 29.8 Å². The van der Waals surface area contributed by atoms with Gasteiger partial charge in [-0.15, -0.1) is 0 Å². The Balaban J connectivity index is 1.31. The summed E-state index contributed by atoms with van der Waals surface area (Å²) in [6.45, 7) is 2.74. The maximum Gasteiger partial charge on any atom is 0.335 e. The fourth-order valence-corrected chi connectivity index (χ4v) is 3.71. The van der Waals surface area contributed by atoms with Gasteiger partial charge in [0.2, 0.25) is 5.91 Å². The lowest BCUT2D eigenvalue weighted by Crippen LogP contribution is -2.36. The van der Waals surface area contributed by atoms with E-state index in [1.165, 1.54) is 31.4 Å². The van der Waals surface area contributed by atoms with Crippen LogP contribution in [0.15, 0.2) is 24.3 Å². The van der Waals surface area contributed by atoms with Gasteiger partial charge in [-0.2, -0.15) is 0 Å². The van der Waals surface area contributed by atoms with Crippen molar-refractivity contribution < 1.29 is 19.4 Å². The van der Waals surface area contributed by atoms with Crippen molar-refractivity contribution in [2.75, 3.05) is 26.2 Å². The number of piperidine rings is 1. The molecule has 1 aromatic carbocycles. The molecule has 1 aliphatic carbocycles. The van der Waals surface area contributed by atoms with E-state index in [1.54, 1.807) is 12.1 Å². The summed E-state index contributed by atoms with van der Waals surface area (Å²) in [5.41, 5.74) is 0.191. The van der Waals surface area contributed by atoms with Crippen LogP contribution in [-0.4, -0.2) is 54.2 Å². The third-order valence-electron chi connectivity index (χ3n) is 4.92. The maximum atomic E-state index is 11.9. The molecule has 6 nitrogen and oxygen atoms in total. The molecule has 1 amide bonds. The first-order chi connectivity index (χ1) is 11.6. The first kappa shape index (κ1) is 16.8. The molecule has 2 bridgehead atoms. The number of rotatable bonds is 8. The zero-order chi connectivity index (χ0) is 16.9. The first-order valence-electron chi connectivity index (χ1n) is 8.59. The third-order valence-corrected chi connectivity index (χ3v) is 4.92. The van der Waals surface area contributed by atoms with Crippen LogP contribution in [0.25, 0.3) is 0 Å².